The van der Waals surface area contributed by atoms with Crippen molar-refractivity contribution in [3.8, 4) is 0 Å². The number of carbonyl (C=O) groups excluding carboxylic acids is 3. The SMILES string of the molecule is C=C(C)[C@@H]1CC[C@]2(C(=O)NCCCCC(=O)OC)CC[C@]3(C)[C@H](CCC4[C@@]5(C)CC[C@H](OC(C)=O)C(C)(C)[C@@H]5CC[C@]43C)[C@@H]12. The van der Waals surface area contributed by atoms with Crippen LogP contribution in [0.3, 0.4) is 0 Å². The predicted octanol–water partition coefficient (Wildman–Crippen LogP) is 8.04. The van der Waals surface area contributed by atoms with E-state index in [1.54, 1.807) is 6.92 Å². The molecule has 5 saturated carbocycles. The molecule has 1 unspecified atom stereocenters. The first-order valence-corrected chi connectivity index (χ1v) is 17.8. The molecule has 0 aliphatic heterocycles. The van der Waals surface area contributed by atoms with E-state index in [0.717, 1.165) is 51.4 Å². The Hall–Kier alpha value is -1.85. The average molecular weight is 612 g/mol. The number of amides is 1. The highest BCUT2D eigenvalue weighted by molar-refractivity contribution is 5.84. The molecule has 5 aliphatic rings. The number of methoxy groups -OCH3 is 1. The zero-order valence-electron chi connectivity index (χ0n) is 29.1. The molecule has 248 valence electrons. The number of fused-ring (bicyclic) bond motifs is 7. The summed E-state index contributed by atoms with van der Waals surface area (Å²) in [4.78, 5) is 37.8. The molecule has 0 aromatic rings. The second-order valence-electron chi connectivity index (χ2n) is 17.1. The van der Waals surface area contributed by atoms with Gasteiger partial charge >= 0.3 is 11.9 Å². The number of hydrogen-bond donors (Lipinski definition) is 1. The fourth-order valence-corrected chi connectivity index (χ4v) is 12.8. The van der Waals surface area contributed by atoms with E-state index in [0.29, 0.717) is 42.6 Å². The second-order valence-corrected chi connectivity index (χ2v) is 17.1. The van der Waals surface area contributed by atoms with Gasteiger partial charge in [0.05, 0.1) is 12.5 Å². The lowest BCUT2D eigenvalue weighted by Crippen LogP contribution is -2.67. The number of hydrogen-bond acceptors (Lipinski definition) is 5. The van der Waals surface area contributed by atoms with Gasteiger partial charge in [-0.25, -0.2) is 0 Å². The molecule has 6 nitrogen and oxygen atoms in total. The molecule has 0 radical (unpaired) electrons. The van der Waals surface area contributed by atoms with Crippen molar-refractivity contribution in [1.29, 1.82) is 0 Å². The molecule has 0 heterocycles. The van der Waals surface area contributed by atoms with E-state index in [4.69, 9.17) is 9.47 Å². The van der Waals surface area contributed by atoms with Crippen LogP contribution in [0.2, 0.25) is 0 Å². The van der Waals surface area contributed by atoms with E-state index >= 15 is 0 Å². The zero-order valence-corrected chi connectivity index (χ0v) is 29.1. The van der Waals surface area contributed by atoms with Crippen molar-refractivity contribution in [2.45, 2.75) is 138 Å². The third-order valence-electron chi connectivity index (χ3n) is 15.1. The number of esters is 2. The van der Waals surface area contributed by atoms with Gasteiger partial charge in [0.1, 0.15) is 6.10 Å². The third kappa shape index (κ3) is 4.98. The molecule has 10 atom stereocenters. The van der Waals surface area contributed by atoms with E-state index in [-0.39, 0.29) is 51.0 Å². The quantitative estimate of drug-likeness (QED) is 0.171. The maximum absolute atomic E-state index is 14.2. The summed E-state index contributed by atoms with van der Waals surface area (Å²) >= 11 is 0. The van der Waals surface area contributed by atoms with Crippen molar-refractivity contribution in [1.82, 2.24) is 5.32 Å². The van der Waals surface area contributed by atoms with E-state index in [1.165, 1.54) is 38.4 Å². The highest BCUT2D eigenvalue weighted by Crippen LogP contribution is 2.77. The van der Waals surface area contributed by atoms with Gasteiger partial charge in [-0.2, -0.15) is 0 Å². The lowest BCUT2D eigenvalue weighted by Gasteiger charge is -2.72. The Labute approximate surface area is 267 Å². The largest absolute Gasteiger partial charge is 0.469 e. The van der Waals surface area contributed by atoms with Gasteiger partial charge in [-0.1, -0.05) is 46.8 Å². The minimum absolute atomic E-state index is 0.00144. The van der Waals surface area contributed by atoms with E-state index < -0.39 is 0 Å². The number of unbranched alkanes of at least 4 members (excludes halogenated alkanes) is 1. The molecule has 0 saturated heterocycles. The number of allylic oxidation sites excluding steroid dienone is 1. The molecule has 0 bridgehead atoms. The normalized spacial score (nSPS) is 43.8. The summed E-state index contributed by atoms with van der Waals surface area (Å²) < 4.78 is 10.7. The molecule has 0 aromatic heterocycles. The molecule has 6 heteroatoms. The highest BCUT2D eigenvalue weighted by Gasteiger charge is 2.72. The first-order chi connectivity index (χ1) is 20.6. The molecule has 5 fully saturated rings. The Kier molecular flexibility index (Phi) is 8.95. The van der Waals surface area contributed by atoms with Crippen molar-refractivity contribution in [2.75, 3.05) is 13.7 Å². The lowest BCUT2D eigenvalue weighted by atomic mass is 9.32. The van der Waals surface area contributed by atoms with E-state index in [9.17, 15) is 14.4 Å². The molecule has 44 heavy (non-hydrogen) atoms. The second kappa shape index (κ2) is 11.7. The van der Waals surface area contributed by atoms with Crippen LogP contribution in [0.15, 0.2) is 12.2 Å². The minimum atomic E-state index is -0.315. The van der Waals surface area contributed by atoms with Crippen LogP contribution in [0, 0.1) is 56.7 Å². The standard InChI is InChI=1S/C38H61NO5/c1-24(2)26-15-20-38(33(42)39-23-11-10-12-31(41)43-9)22-21-36(7)27(32(26)38)13-14-29-35(6)18-17-30(44-25(3)40)34(4,5)28(35)16-19-37(29,36)8/h26-30,32H,1,10-23H2,2-9H3,(H,39,42)/t26-,27+,28-,29?,30-,32+,35-,36+,37+,38-/m0/s1. The summed E-state index contributed by atoms with van der Waals surface area (Å²) in [5.41, 5.74) is 1.51. The van der Waals surface area contributed by atoms with Crippen LogP contribution in [-0.4, -0.2) is 37.6 Å². The maximum Gasteiger partial charge on any atom is 0.305 e. The van der Waals surface area contributed by atoms with Gasteiger partial charge in [-0.3, -0.25) is 14.4 Å². The highest BCUT2D eigenvalue weighted by atomic mass is 16.5. The molecule has 1 amide bonds. The Morgan fingerprint density at radius 3 is 2.20 bits per heavy atom. The topological polar surface area (TPSA) is 81.7 Å². The molecular formula is C38H61NO5. The molecule has 5 aliphatic carbocycles. The molecule has 1 N–H and O–H groups in total. The monoisotopic (exact) mass is 611 g/mol. The van der Waals surface area contributed by atoms with Gasteiger partial charge < -0.3 is 14.8 Å². The number of rotatable bonds is 8. The first-order valence-electron chi connectivity index (χ1n) is 17.8. The third-order valence-corrected chi connectivity index (χ3v) is 15.1. The average Bonchev–Trinajstić information content (AvgIpc) is 3.36. The van der Waals surface area contributed by atoms with Crippen LogP contribution >= 0.6 is 0 Å². The zero-order chi connectivity index (χ0) is 32.3. The summed E-state index contributed by atoms with van der Waals surface area (Å²) in [7, 11) is 1.43. The number of ether oxygens (including phenoxy) is 2. The predicted molar refractivity (Wildman–Crippen MR) is 173 cm³/mol. The number of carbonyl (C=O) groups is 3. The summed E-state index contributed by atoms with van der Waals surface area (Å²) in [6, 6.07) is 0. The smallest absolute Gasteiger partial charge is 0.305 e. The summed E-state index contributed by atoms with van der Waals surface area (Å²) in [5.74, 6) is 2.33. The van der Waals surface area contributed by atoms with Gasteiger partial charge in [0.2, 0.25) is 5.91 Å². The Morgan fingerprint density at radius 1 is 0.818 bits per heavy atom. The summed E-state index contributed by atoms with van der Waals surface area (Å²) in [6.07, 6.45) is 12.9. The molecular weight excluding hydrogens is 550 g/mol. The number of nitrogens with one attached hydrogen (secondary N) is 1. The van der Waals surface area contributed by atoms with Crippen molar-refractivity contribution < 1.29 is 23.9 Å². The van der Waals surface area contributed by atoms with Crippen LogP contribution in [0.25, 0.3) is 0 Å². The minimum Gasteiger partial charge on any atom is -0.469 e. The van der Waals surface area contributed by atoms with Crippen LogP contribution < -0.4 is 5.32 Å². The maximum atomic E-state index is 14.2. The summed E-state index contributed by atoms with van der Waals surface area (Å²) in [6.45, 7) is 21.4. The van der Waals surface area contributed by atoms with Crippen molar-refractivity contribution in [3.63, 3.8) is 0 Å². The summed E-state index contributed by atoms with van der Waals surface area (Å²) in [5, 5.41) is 3.35. The molecule has 0 aromatic carbocycles. The van der Waals surface area contributed by atoms with Gasteiger partial charge in [-0.15, -0.1) is 0 Å². The van der Waals surface area contributed by atoms with Crippen LogP contribution in [0.5, 0.6) is 0 Å². The van der Waals surface area contributed by atoms with Gasteiger partial charge in [0, 0.05) is 25.3 Å². The molecule has 5 rings (SSSR count). The van der Waals surface area contributed by atoms with Crippen molar-refractivity contribution >= 4 is 17.8 Å². The van der Waals surface area contributed by atoms with Crippen LogP contribution in [-0.2, 0) is 23.9 Å². The Bertz CT molecular complexity index is 1160. The Balaban J connectivity index is 1.40. The Morgan fingerprint density at radius 2 is 1.55 bits per heavy atom. The van der Waals surface area contributed by atoms with Crippen molar-refractivity contribution in [2.24, 2.45) is 56.7 Å². The lowest BCUT2D eigenvalue weighted by molar-refractivity contribution is -0.248. The van der Waals surface area contributed by atoms with Crippen LogP contribution in [0.4, 0.5) is 0 Å². The van der Waals surface area contributed by atoms with Crippen molar-refractivity contribution in [3.05, 3.63) is 12.2 Å². The van der Waals surface area contributed by atoms with Gasteiger partial charge in [0.15, 0.2) is 0 Å². The first kappa shape index (κ1) is 33.5. The van der Waals surface area contributed by atoms with Crippen LogP contribution in [0.1, 0.15) is 132 Å². The van der Waals surface area contributed by atoms with Gasteiger partial charge in [0.25, 0.3) is 0 Å². The molecule has 0 spiro atoms. The fourth-order valence-electron chi connectivity index (χ4n) is 12.8. The van der Waals surface area contributed by atoms with E-state index in [1.807, 2.05) is 0 Å². The van der Waals surface area contributed by atoms with E-state index in [2.05, 4.69) is 53.4 Å². The van der Waals surface area contributed by atoms with Gasteiger partial charge in [-0.05, 0) is 130 Å². The fraction of sp³-hybridized carbons (Fsp3) is 0.868.